The van der Waals surface area contributed by atoms with Gasteiger partial charge in [0, 0.05) is 24.7 Å². The lowest BCUT2D eigenvalue weighted by Crippen LogP contribution is -2.40. The highest BCUT2D eigenvalue weighted by Gasteiger charge is 2.22. The van der Waals surface area contributed by atoms with Gasteiger partial charge in [-0.1, -0.05) is 5.16 Å². The number of hydrogen-bond acceptors (Lipinski definition) is 7. The Morgan fingerprint density at radius 2 is 2.04 bits per heavy atom. The minimum atomic E-state index is -0.128. The fourth-order valence-corrected chi connectivity index (χ4v) is 3.33. The molecule has 0 aliphatic carbocycles. The number of likely N-dealkylation sites (tertiary alicyclic amines) is 1. The van der Waals surface area contributed by atoms with Gasteiger partial charge in [0.1, 0.15) is 11.5 Å². The molecule has 0 spiro atoms. The molecule has 2 aromatic rings. The summed E-state index contributed by atoms with van der Waals surface area (Å²) in [4.78, 5) is 19.1. The lowest BCUT2D eigenvalue weighted by Gasteiger charge is -2.31. The Kier molecular flexibility index (Phi) is 6.28. The predicted octanol–water partition coefficient (Wildman–Crippen LogP) is 2.04. The van der Waals surface area contributed by atoms with Crippen molar-refractivity contribution in [2.24, 2.45) is 5.92 Å². The maximum absolute atomic E-state index is 12.5. The molecule has 1 saturated heterocycles. The highest BCUT2D eigenvalue weighted by Crippen LogP contribution is 2.23. The molecule has 1 aliphatic heterocycles. The highest BCUT2D eigenvalue weighted by atomic mass is 16.5. The third kappa shape index (κ3) is 5.19. The quantitative estimate of drug-likeness (QED) is 0.793. The number of piperidine rings is 1. The van der Waals surface area contributed by atoms with Crippen LogP contribution >= 0.6 is 0 Å². The molecule has 1 amide bonds. The molecule has 2 heterocycles. The normalized spacial score (nSPS) is 17.5. The average Bonchev–Trinajstić information content (AvgIpc) is 3.10. The second kappa shape index (κ2) is 8.85. The Morgan fingerprint density at radius 3 is 2.67 bits per heavy atom. The summed E-state index contributed by atoms with van der Waals surface area (Å²) < 4.78 is 15.7. The smallest absolute Gasteiger partial charge is 0.251 e. The Hall–Kier alpha value is -2.61. The van der Waals surface area contributed by atoms with E-state index >= 15 is 0 Å². The molecule has 8 nitrogen and oxygen atoms in total. The van der Waals surface area contributed by atoms with Crippen molar-refractivity contribution in [3.63, 3.8) is 0 Å². The topological polar surface area (TPSA) is 89.7 Å². The van der Waals surface area contributed by atoms with E-state index in [0.29, 0.717) is 47.8 Å². The van der Waals surface area contributed by atoms with Crippen LogP contribution in [0.2, 0.25) is 0 Å². The van der Waals surface area contributed by atoms with E-state index in [9.17, 15) is 4.79 Å². The summed E-state index contributed by atoms with van der Waals surface area (Å²) in [5.41, 5.74) is 0.528. The Labute approximate surface area is 158 Å². The van der Waals surface area contributed by atoms with Crippen molar-refractivity contribution in [3.05, 3.63) is 35.5 Å². The van der Waals surface area contributed by atoms with E-state index in [1.807, 2.05) is 6.92 Å². The van der Waals surface area contributed by atoms with Crippen LogP contribution in [0.3, 0.4) is 0 Å². The predicted molar refractivity (Wildman–Crippen MR) is 98.9 cm³/mol. The van der Waals surface area contributed by atoms with Crippen LogP contribution in [0.15, 0.2) is 22.7 Å². The van der Waals surface area contributed by atoms with Gasteiger partial charge in [-0.25, -0.2) is 0 Å². The molecule has 27 heavy (non-hydrogen) atoms. The summed E-state index contributed by atoms with van der Waals surface area (Å²) in [6.07, 6.45) is 2.17. The van der Waals surface area contributed by atoms with Gasteiger partial charge < -0.3 is 19.3 Å². The van der Waals surface area contributed by atoms with Crippen LogP contribution in [0.25, 0.3) is 0 Å². The highest BCUT2D eigenvalue weighted by molar-refractivity contribution is 5.95. The van der Waals surface area contributed by atoms with Gasteiger partial charge in [0.15, 0.2) is 5.82 Å². The molecule has 1 fully saturated rings. The molecule has 1 aromatic heterocycles. The number of ether oxygens (including phenoxy) is 2. The number of carbonyl (C=O) groups is 1. The number of nitrogens with zero attached hydrogens (tertiary/aromatic N) is 3. The molecule has 0 bridgehead atoms. The summed E-state index contributed by atoms with van der Waals surface area (Å²) in [6, 6.07) is 5.17. The molecule has 1 aliphatic rings. The summed E-state index contributed by atoms with van der Waals surface area (Å²) in [6.45, 7) is 4.98. The molecule has 0 saturated carbocycles. The minimum absolute atomic E-state index is 0.128. The van der Waals surface area contributed by atoms with Gasteiger partial charge in [-0.15, -0.1) is 0 Å². The van der Waals surface area contributed by atoms with Crippen LogP contribution < -0.4 is 14.8 Å². The molecular weight excluding hydrogens is 348 g/mol. The van der Waals surface area contributed by atoms with E-state index in [1.54, 1.807) is 32.4 Å². The number of nitrogens with one attached hydrogen (secondary N) is 1. The first-order chi connectivity index (χ1) is 13.1. The third-order valence-electron chi connectivity index (χ3n) is 4.70. The lowest BCUT2D eigenvalue weighted by molar-refractivity contribution is 0.0926. The van der Waals surface area contributed by atoms with Gasteiger partial charge in [-0.2, -0.15) is 4.98 Å². The Balaban J connectivity index is 1.53. The van der Waals surface area contributed by atoms with Crippen LogP contribution in [-0.2, 0) is 6.54 Å². The maximum Gasteiger partial charge on any atom is 0.251 e. The molecule has 146 valence electrons. The Morgan fingerprint density at radius 1 is 1.30 bits per heavy atom. The van der Waals surface area contributed by atoms with Crippen LogP contribution in [0, 0.1) is 12.8 Å². The number of hydrogen-bond donors (Lipinski definition) is 1. The molecule has 0 radical (unpaired) electrons. The number of methoxy groups -OCH3 is 2. The minimum Gasteiger partial charge on any atom is -0.497 e. The fraction of sp³-hybridized carbons (Fsp3) is 0.526. The monoisotopic (exact) mass is 374 g/mol. The second-order valence-electron chi connectivity index (χ2n) is 6.79. The molecule has 8 heteroatoms. The van der Waals surface area contributed by atoms with E-state index in [1.165, 1.54) is 0 Å². The van der Waals surface area contributed by atoms with Gasteiger partial charge in [0.2, 0.25) is 5.89 Å². The number of benzene rings is 1. The molecule has 1 aromatic carbocycles. The first kappa shape index (κ1) is 19.2. The summed E-state index contributed by atoms with van der Waals surface area (Å²) in [5, 5.41) is 6.86. The number of carbonyl (C=O) groups excluding carboxylic acids is 1. The molecule has 0 unspecified atom stereocenters. The van der Waals surface area contributed by atoms with Gasteiger partial charge in [-0.05, 0) is 44.4 Å². The van der Waals surface area contributed by atoms with Gasteiger partial charge in [0.25, 0.3) is 5.91 Å². The van der Waals surface area contributed by atoms with Gasteiger partial charge in [0.05, 0.1) is 20.8 Å². The summed E-state index contributed by atoms with van der Waals surface area (Å²) >= 11 is 0. The van der Waals surface area contributed by atoms with E-state index in [0.717, 1.165) is 25.9 Å². The van der Waals surface area contributed by atoms with Crippen molar-refractivity contribution >= 4 is 5.91 Å². The number of aryl methyl sites for hydroxylation is 1. The zero-order chi connectivity index (χ0) is 19.2. The van der Waals surface area contributed by atoms with Crippen molar-refractivity contribution in [2.75, 3.05) is 33.9 Å². The van der Waals surface area contributed by atoms with E-state index < -0.39 is 0 Å². The van der Waals surface area contributed by atoms with Crippen LogP contribution in [0.1, 0.15) is 34.9 Å². The van der Waals surface area contributed by atoms with Crippen LogP contribution in [-0.4, -0.2) is 54.8 Å². The number of amides is 1. The zero-order valence-corrected chi connectivity index (χ0v) is 16.0. The van der Waals surface area contributed by atoms with Gasteiger partial charge in [-0.3, -0.25) is 9.69 Å². The lowest BCUT2D eigenvalue weighted by atomic mass is 9.98. The van der Waals surface area contributed by atoms with Crippen molar-refractivity contribution in [1.82, 2.24) is 20.4 Å². The van der Waals surface area contributed by atoms with Crippen LogP contribution in [0.5, 0.6) is 11.5 Å². The van der Waals surface area contributed by atoms with Crippen molar-refractivity contribution in [3.8, 4) is 11.5 Å². The standard InChI is InChI=1S/C19H26N4O4/c1-13-21-18(27-22-13)12-23-6-4-5-14(11-23)10-20-19(24)15-7-16(25-2)9-17(8-15)26-3/h7-9,14H,4-6,10-12H2,1-3H3,(H,20,24)/t14-/m1/s1. The largest absolute Gasteiger partial charge is 0.497 e. The molecular formula is C19H26N4O4. The first-order valence-electron chi connectivity index (χ1n) is 9.10. The van der Waals surface area contributed by atoms with E-state index in [4.69, 9.17) is 14.0 Å². The van der Waals surface area contributed by atoms with E-state index in [-0.39, 0.29) is 5.91 Å². The summed E-state index contributed by atoms with van der Waals surface area (Å²) in [7, 11) is 3.13. The van der Waals surface area contributed by atoms with Crippen molar-refractivity contribution in [1.29, 1.82) is 0 Å². The van der Waals surface area contributed by atoms with E-state index in [2.05, 4.69) is 20.4 Å². The molecule has 1 N–H and O–H groups in total. The fourth-order valence-electron chi connectivity index (χ4n) is 3.33. The zero-order valence-electron chi connectivity index (χ0n) is 16.0. The second-order valence-corrected chi connectivity index (χ2v) is 6.79. The van der Waals surface area contributed by atoms with Gasteiger partial charge >= 0.3 is 0 Å². The summed E-state index contributed by atoms with van der Waals surface area (Å²) in [5.74, 6) is 2.74. The number of aromatic nitrogens is 2. The number of rotatable bonds is 7. The van der Waals surface area contributed by atoms with Crippen molar-refractivity contribution < 1.29 is 18.8 Å². The first-order valence-corrected chi connectivity index (χ1v) is 9.10. The average molecular weight is 374 g/mol. The van der Waals surface area contributed by atoms with Crippen molar-refractivity contribution in [2.45, 2.75) is 26.3 Å². The molecule has 3 rings (SSSR count). The SMILES string of the molecule is COc1cc(OC)cc(C(=O)NC[C@H]2CCCN(Cc3nc(C)no3)C2)c1. The third-order valence-corrected chi connectivity index (χ3v) is 4.70. The Bertz CT molecular complexity index is 755. The van der Waals surface area contributed by atoms with Crippen LogP contribution in [0.4, 0.5) is 0 Å². The maximum atomic E-state index is 12.5. The molecule has 1 atom stereocenters.